The number of halogens is 1. The summed E-state index contributed by atoms with van der Waals surface area (Å²) >= 11 is 3.68. The second kappa shape index (κ2) is 5.33. The number of hydrogen-bond donors (Lipinski definition) is 0. The van der Waals surface area contributed by atoms with Gasteiger partial charge in [0.25, 0.3) is 0 Å². The van der Waals surface area contributed by atoms with Crippen LogP contribution in [-0.2, 0) is 11.2 Å². The molecule has 0 saturated carbocycles. The first kappa shape index (κ1) is 12.1. The van der Waals surface area contributed by atoms with Crippen LogP contribution < -0.4 is 0 Å². The van der Waals surface area contributed by atoms with Crippen molar-refractivity contribution in [3.8, 4) is 0 Å². The van der Waals surface area contributed by atoms with Crippen molar-refractivity contribution in [2.45, 2.75) is 26.2 Å². The molecule has 0 aromatic heterocycles. The van der Waals surface area contributed by atoms with Crippen molar-refractivity contribution in [1.29, 1.82) is 0 Å². The fraction of sp³-hybridized carbons (Fsp3) is 0.571. The molecule has 0 spiro atoms. The molecule has 2 heteroatoms. The van der Waals surface area contributed by atoms with Gasteiger partial charge in [0.1, 0.15) is 0 Å². The first-order valence-electron chi connectivity index (χ1n) is 5.93. The molecule has 0 aliphatic carbocycles. The van der Waals surface area contributed by atoms with E-state index in [0.29, 0.717) is 5.41 Å². The molecule has 2 rings (SSSR count). The second-order valence-electron chi connectivity index (χ2n) is 4.91. The fourth-order valence-corrected chi connectivity index (χ4v) is 3.06. The number of alkyl halides is 1. The third-order valence-electron chi connectivity index (χ3n) is 3.54. The van der Waals surface area contributed by atoms with Gasteiger partial charge in [-0.25, -0.2) is 0 Å². The van der Waals surface area contributed by atoms with Crippen molar-refractivity contribution >= 4 is 15.9 Å². The predicted octanol–water partition coefficient (Wildman–Crippen LogP) is 3.73. The lowest BCUT2D eigenvalue weighted by Crippen LogP contribution is -2.33. The van der Waals surface area contributed by atoms with Gasteiger partial charge < -0.3 is 4.74 Å². The summed E-state index contributed by atoms with van der Waals surface area (Å²) < 4.78 is 5.46. The van der Waals surface area contributed by atoms with E-state index in [0.717, 1.165) is 18.5 Å². The average Bonchev–Trinajstić information content (AvgIpc) is 2.33. The Morgan fingerprint density at radius 1 is 1.19 bits per heavy atom. The van der Waals surface area contributed by atoms with Crippen LogP contribution in [0.15, 0.2) is 24.3 Å². The van der Waals surface area contributed by atoms with Gasteiger partial charge >= 0.3 is 0 Å². The Morgan fingerprint density at radius 2 is 1.81 bits per heavy atom. The van der Waals surface area contributed by atoms with Crippen molar-refractivity contribution < 1.29 is 4.74 Å². The van der Waals surface area contributed by atoms with Gasteiger partial charge in [-0.05, 0) is 37.2 Å². The maximum atomic E-state index is 5.46. The lowest BCUT2D eigenvalue weighted by molar-refractivity contribution is 0.0270. The maximum absolute atomic E-state index is 5.46. The van der Waals surface area contributed by atoms with Crippen LogP contribution >= 0.6 is 15.9 Å². The van der Waals surface area contributed by atoms with Gasteiger partial charge in [0.05, 0.1) is 0 Å². The molecule has 1 saturated heterocycles. The molecule has 0 amide bonds. The van der Waals surface area contributed by atoms with Crippen molar-refractivity contribution in [1.82, 2.24) is 0 Å². The highest BCUT2D eigenvalue weighted by atomic mass is 79.9. The zero-order valence-electron chi connectivity index (χ0n) is 9.84. The highest BCUT2D eigenvalue weighted by Gasteiger charge is 2.31. The van der Waals surface area contributed by atoms with Gasteiger partial charge in [0, 0.05) is 18.5 Å². The van der Waals surface area contributed by atoms with E-state index in [1.807, 2.05) is 0 Å². The highest BCUT2D eigenvalue weighted by Crippen LogP contribution is 2.36. The molecule has 1 fully saturated rings. The first-order valence-corrected chi connectivity index (χ1v) is 7.06. The molecule has 1 heterocycles. The van der Waals surface area contributed by atoms with E-state index in [-0.39, 0.29) is 0 Å². The van der Waals surface area contributed by atoms with Crippen LogP contribution in [0.25, 0.3) is 0 Å². The zero-order valence-corrected chi connectivity index (χ0v) is 11.4. The summed E-state index contributed by atoms with van der Waals surface area (Å²) in [5.41, 5.74) is 3.20. The molecule has 1 aromatic carbocycles. The molecule has 1 nitrogen and oxygen atoms in total. The third-order valence-corrected chi connectivity index (χ3v) is 4.73. The standard InChI is InChI=1S/C14H19BrO/c1-12-2-4-13(5-3-12)10-14(11-15)6-8-16-9-7-14/h2-5H,6-11H2,1H3. The van der Waals surface area contributed by atoms with Crippen molar-refractivity contribution in [2.75, 3.05) is 18.5 Å². The van der Waals surface area contributed by atoms with Crippen LogP contribution in [0.5, 0.6) is 0 Å². The molecule has 1 aromatic rings. The largest absolute Gasteiger partial charge is 0.381 e. The van der Waals surface area contributed by atoms with Crippen LogP contribution in [0.3, 0.4) is 0 Å². The Morgan fingerprint density at radius 3 is 2.38 bits per heavy atom. The van der Waals surface area contributed by atoms with Crippen LogP contribution in [0.1, 0.15) is 24.0 Å². The maximum Gasteiger partial charge on any atom is 0.0471 e. The van der Waals surface area contributed by atoms with E-state index in [9.17, 15) is 0 Å². The molecule has 88 valence electrons. The Labute approximate surface area is 106 Å². The van der Waals surface area contributed by atoms with Gasteiger partial charge in [0.2, 0.25) is 0 Å². The molecule has 0 radical (unpaired) electrons. The molecule has 16 heavy (non-hydrogen) atoms. The summed E-state index contributed by atoms with van der Waals surface area (Å²) in [4.78, 5) is 0. The van der Waals surface area contributed by atoms with E-state index < -0.39 is 0 Å². The number of rotatable bonds is 3. The van der Waals surface area contributed by atoms with Crippen molar-refractivity contribution in [3.63, 3.8) is 0 Å². The second-order valence-corrected chi connectivity index (χ2v) is 5.47. The van der Waals surface area contributed by atoms with Gasteiger partial charge in [-0.1, -0.05) is 45.8 Å². The molecule has 1 aliphatic rings. The summed E-state index contributed by atoms with van der Waals surface area (Å²) in [6, 6.07) is 8.93. The molecule has 0 N–H and O–H groups in total. The number of benzene rings is 1. The van der Waals surface area contributed by atoms with Gasteiger partial charge in [-0.15, -0.1) is 0 Å². The summed E-state index contributed by atoms with van der Waals surface area (Å²) in [5, 5.41) is 1.08. The molecule has 0 bridgehead atoms. The third kappa shape index (κ3) is 2.86. The highest BCUT2D eigenvalue weighted by molar-refractivity contribution is 9.09. The van der Waals surface area contributed by atoms with Gasteiger partial charge in [0.15, 0.2) is 0 Å². The molecular formula is C14H19BrO. The summed E-state index contributed by atoms with van der Waals surface area (Å²) in [7, 11) is 0. The number of ether oxygens (including phenoxy) is 1. The fourth-order valence-electron chi connectivity index (χ4n) is 2.30. The Balaban J connectivity index is 2.08. The zero-order chi connectivity index (χ0) is 11.4. The van der Waals surface area contributed by atoms with E-state index in [2.05, 4.69) is 47.1 Å². The number of hydrogen-bond acceptors (Lipinski definition) is 1. The monoisotopic (exact) mass is 282 g/mol. The topological polar surface area (TPSA) is 9.23 Å². The molecule has 0 unspecified atom stereocenters. The van der Waals surface area contributed by atoms with Crippen LogP contribution in [0, 0.1) is 12.3 Å². The Kier molecular flexibility index (Phi) is 4.04. The molecule has 1 aliphatic heterocycles. The van der Waals surface area contributed by atoms with Gasteiger partial charge in [-0.2, -0.15) is 0 Å². The average molecular weight is 283 g/mol. The van der Waals surface area contributed by atoms with Crippen LogP contribution in [0.2, 0.25) is 0 Å². The van der Waals surface area contributed by atoms with Crippen molar-refractivity contribution in [3.05, 3.63) is 35.4 Å². The minimum Gasteiger partial charge on any atom is -0.381 e. The summed E-state index contributed by atoms with van der Waals surface area (Å²) in [5.74, 6) is 0. The van der Waals surface area contributed by atoms with Crippen LogP contribution in [-0.4, -0.2) is 18.5 Å². The predicted molar refractivity (Wildman–Crippen MR) is 71.2 cm³/mol. The molecular weight excluding hydrogens is 264 g/mol. The van der Waals surface area contributed by atoms with E-state index >= 15 is 0 Å². The van der Waals surface area contributed by atoms with E-state index in [1.165, 1.54) is 30.4 Å². The minimum atomic E-state index is 0.410. The minimum absolute atomic E-state index is 0.410. The van der Waals surface area contributed by atoms with Crippen LogP contribution in [0.4, 0.5) is 0 Å². The summed E-state index contributed by atoms with van der Waals surface area (Å²) in [6.07, 6.45) is 3.51. The Bertz CT molecular complexity index is 325. The van der Waals surface area contributed by atoms with E-state index in [1.54, 1.807) is 0 Å². The van der Waals surface area contributed by atoms with E-state index in [4.69, 9.17) is 4.74 Å². The smallest absolute Gasteiger partial charge is 0.0471 e. The normalized spacial score (nSPS) is 19.6. The summed E-state index contributed by atoms with van der Waals surface area (Å²) in [6.45, 7) is 3.97. The quantitative estimate of drug-likeness (QED) is 0.768. The SMILES string of the molecule is Cc1ccc(CC2(CBr)CCOCC2)cc1. The lowest BCUT2D eigenvalue weighted by Gasteiger charge is -2.35. The molecule has 0 atom stereocenters. The van der Waals surface area contributed by atoms with Gasteiger partial charge in [-0.3, -0.25) is 0 Å². The van der Waals surface area contributed by atoms with Crippen molar-refractivity contribution in [2.24, 2.45) is 5.41 Å². The first-order chi connectivity index (χ1) is 7.74. The lowest BCUT2D eigenvalue weighted by atomic mass is 9.77. The number of aryl methyl sites for hydroxylation is 1. The Hall–Kier alpha value is -0.340.